The number of aromatic nitrogens is 1. The van der Waals surface area contributed by atoms with Gasteiger partial charge in [0.25, 0.3) is 5.91 Å². The number of aromatic hydroxyl groups is 1. The quantitative estimate of drug-likeness (QED) is 0.353. The van der Waals surface area contributed by atoms with Gasteiger partial charge >= 0.3 is 0 Å². The normalized spacial score (nSPS) is 14.4. The van der Waals surface area contributed by atoms with E-state index in [-0.39, 0.29) is 17.3 Å². The Morgan fingerprint density at radius 2 is 1.85 bits per heavy atom. The zero-order chi connectivity index (χ0) is 23.9. The average Bonchev–Trinajstić information content (AvgIpc) is 3.35. The summed E-state index contributed by atoms with van der Waals surface area (Å²) in [5, 5.41) is 18.5. The summed E-state index contributed by atoms with van der Waals surface area (Å²) >= 11 is 0. The highest BCUT2D eigenvalue weighted by Gasteiger charge is 2.27. The molecule has 0 spiro atoms. The van der Waals surface area contributed by atoms with Crippen molar-refractivity contribution in [3.05, 3.63) is 78.4 Å². The van der Waals surface area contributed by atoms with E-state index in [9.17, 15) is 19.1 Å². The molecule has 1 aliphatic rings. The van der Waals surface area contributed by atoms with E-state index in [4.69, 9.17) is 0 Å². The van der Waals surface area contributed by atoms with Crippen LogP contribution in [0.5, 0.6) is 5.75 Å². The molecule has 0 aliphatic heterocycles. The molecule has 1 aliphatic carbocycles. The fourth-order valence-corrected chi connectivity index (χ4v) is 4.22. The highest BCUT2D eigenvalue weighted by atomic mass is 19.1. The second-order valence-electron chi connectivity index (χ2n) is 8.48. The van der Waals surface area contributed by atoms with Gasteiger partial charge in [0, 0.05) is 17.4 Å². The van der Waals surface area contributed by atoms with Crippen molar-refractivity contribution in [3.63, 3.8) is 0 Å². The number of para-hydroxylation sites is 2. The number of benzene rings is 2. The monoisotopic (exact) mass is 462 g/mol. The summed E-state index contributed by atoms with van der Waals surface area (Å²) in [5.74, 6) is -0.981. The zero-order valence-electron chi connectivity index (χ0n) is 18.6. The van der Waals surface area contributed by atoms with Crippen molar-refractivity contribution in [1.29, 1.82) is 0 Å². The fourth-order valence-electron chi connectivity index (χ4n) is 4.22. The van der Waals surface area contributed by atoms with E-state index in [1.54, 1.807) is 42.5 Å². The molecule has 2 aromatic carbocycles. The van der Waals surface area contributed by atoms with Crippen LogP contribution in [0.3, 0.4) is 0 Å². The van der Waals surface area contributed by atoms with E-state index in [0.29, 0.717) is 29.3 Å². The fraction of sp³-hybridized carbons (Fsp3) is 0.269. The first kappa shape index (κ1) is 23.2. The number of phenolic OH excluding ortho intramolecular Hbond substituents is 1. The van der Waals surface area contributed by atoms with Crippen molar-refractivity contribution in [2.75, 3.05) is 10.6 Å². The molecule has 1 aromatic heterocycles. The maximum atomic E-state index is 13.9. The number of anilines is 3. The van der Waals surface area contributed by atoms with Crippen LogP contribution in [0.2, 0.25) is 0 Å². The standard InChI is InChI=1S/C26H27FN4O3/c27-20-16-28-13-12-21(20)29-19-9-5-8-18(15-19)25(33)31-23(14-17-6-1-2-7-17)26(34)30-22-10-3-4-11-24(22)32/h3-5,8-13,15-17,23,32H,1-2,6-7,14H2,(H,28,29)(H,30,34)(H,31,33). The molecule has 3 aromatic rings. The van der Waals surface area contributed by atoms with Gasteiger partial charge in [0.05, 0.1) is 17.6 Å². The average molecular weight is 463 g/mol. The summed E-state index contributed by atoms with van der Waals surface area (Å²) in [5.41, 5.74) is 1.41. The molecule has 8 heteroatoms. The highest BCUT2D eigenvalue weighted by Crippen LogP contribution is 2.30. The molecule has 4 rings (SSSR count). The maximum absolute atomic E-state index is 13.9. The minimum absolute atomic E-state index is 0.0380. The molecule has 4 N–H and O–H groups in total. The summed E-state index contributed by atoms with van der Waals surface area (Å²) < 4.78 is 13.9. The number of carbonyl (C=O) groups is 2. The van der Waals surface area contributed by atoms with Crippen LogP contribution in [0.1, 0.15) is 42.5 Å². The first-order valence-electron chi connectivity index (χ1n) is 11.4. The predicted octanol–water partition coefficient (Wildman–Crippen LogP) is 4.99. The number of halogens is 1. The first-order valence-corrected chi connectivity index (χ1v) is 11.4. The summed E-state index contributed by atoms with van der Waals surface area (Å²) in [6.07, 6.45) is 7.37. The van der Waals surface area contributed by atoms with E-state index in [1.807, 2.05) is 0 Å². The topological polar surface area (TPSA) is 103 Å². The van der Waals surface area contributed by atoms with Gasteiger partial charge in [-0.2, -0.15) is 0 Å². The third-order valence-corrected chi connectivity index (χ3v) is 6.00. The van der Waals surface area contributed by atoms with Crippen LogP contribution in [0.25, 0.3) is 0 Å². The van der Waals surface area contributed by atoms with Crippen molar-refractivity contribution in [1.82, 2.24) is 10.3 Å². The van der Waals surface area contributed by atoms with Gasteiger partial charge in [-0.1, -0.05) is 43.9 Å². The Morgan fingerprint density at radius 1 is 1.06 bits per heavy atom. The minimum atomic E-state index is -0.760. The van der Waals surface area contributed by atoms with Crippen molar-refractivity contribution >= 4 is 28.9 Å². The first-order chi connectivity index (χ1) is 16.5. The number of hydrogen-bond acceptors (Lipinski definition) is 5. The lowest BCUT2D eigenvalue weighted by atomic mass is 9.97. The Hall–Kier alpha value is -3.94. The number of nitrogens with one attached hydrogen (secondary N) is 3. The molecular weight excluding hydrogens is 435 g/mol. The summed E-state index contributed by atoms with van der Waals surface area (Å²) in [6, 6.07) is 13.9. The molecule has 34 heavy (non-hydrogen) atoms. The van der Waals surface area contributed by atoms with Crippen molar-refractivity contribution in [2.45, 2.75) is 38.1 Å². The van der Waals surface area contributed by atoms with Gasteiger partial charge < -0.3 is 21.1 Å². The van der Waals surface area contributed by atoms with Crippen LogP contribution in [-0.2, 0) is 4.79 Å². The second kappa shape index (κ2) is 10.8. The lowest BCUT2D eigenvalue weighted by molar-refractivity contribution is -0.118. The minimum Gasteiger partial charge on any atom is -0.506 e. The molecule has 7 nitrogen and oxygen atoms in total. The lowest BCUT2D eigenvalue weighted by Crippen LogP contribution is -2.44. The largest absolute Gasteiger partial charge is 0.506 e. The van der Waals surface area contributed by atoms with Crippen LogP contribution >= 0.6 is 0 Å². The molecular formula is C26H27FN4O3. The van der Waals surface area contributed by atoms with E-state index in [1.165, 1.54) is 18.3 Å². The van der Waals surface area contributed by atoms with Crippen LogP contribution in [0.15, 0.2) is 67.0 Å². The van der Waals surface area contributed by atoms with Gasteiger partial charge in [-0.3, -0.25) is 14.6 Å². The van der Waals surface area contributed by atoms with Crippen molar-refractivity contribution in [2.24, 2.45) is 5.92 Å². The van der Waals surface area contributed by atoms with Crippen LogP contribution in [0.4, 0.5) is 21.5 Å². The molecule has 0 bridgehead atoms. The number of carbonyl (C=O) groups excluding carboxylic acids is 2. The number of rotatable bonds is 8. The van der Waals surface area contributed by atoms with Gasteiger partial charge in [0.1, 0.15) is 11.8 Å². The third kappa shape index (κ3) is 5.89. The summed E-state index contributed by atoms with van der Waals surface area (Å²) in [4.78, 5) is 29.9. The molecule has 1 atom stereocenters. The number of nitrogens with zero attached hydrogens (tertiary/aromatic N) is 1. The van der Waals surface area contributed by atoms with Gasteiger partial charge in [-0.05, 0) is 48.7 Å². The molecule has 1 heterocycles. The van der Waals surface area contributed by atoms with Gasteiger partial charge in [0.2, 0.25) is 5.91 Å². The van der Waals surface area contributed by atoms with Crippen LogP contribution in [0, 0.1) is 11.7 Å². The zero-order valence-corrected chi connectivity index (χ0v) is 18.6. The highest BCUT2D eigenvalue weighted by molar-refractivity contribution is 6.02. The number of hydrogen-bond donors (Lipinski definition) is 4. The Bertz CT molecular complexity index is 1160. The van der Waals surface area contributed by atoms with E-state index in [0.717, 1.165) is 31.9 Å². The van der Waals surface area contributed by atoms with Crippen LogP contribution < -0.4 is 16.0 Å². The molecule has 1 saturated carbocycles. The third-order valence-electron chi connectivity index (χ3n) is 6.00. The smallest absolute Gasteiger partial charge is 0.252 e. The molecule has 2 amide bonds. The second-order valence-corrected chi connectivity index (χ2v) is 8.48. The van der Waals surface area contributed by atoms with Crippen LogP contribution in [-0.4, -0.2) is 27.9 Å². The Balaban J connectivity index is 1.49. The SMILES string of the molecule is O=C(NC(CC1CCCC1)C(=O)Nc1ccccc1O)c1cccc(Nc2ccncc2F)c1. The molecule has 0 saturated heterocycles. The Labute approximate surface area is 197 Å². The lowest BCUT2D eigenvalue weighted by Gasteiger charge is -2.22. The Kier molecular flexibility index (Phi) is 7.37. The van der Waals surface area contributed by atoms with Gasteiger partial charge in [-0.25, -0.2) is 4.39 Å². The summed E-state index contributed by atoms with van der Waals surface area (Å²) in [6.45, 7) is 0. The summed E-state index contributed by atoms with van der Waals surface area (Å²) in [7, 11) is 0. The number of amides is 2. The molecule has 176 valence electrons. The maximum Gasteiger partial charge on any atom is 0.252 e. The van der Waals surface area contributed by atoms with Crippen molar-refractivity contribution in [3.8, 4) is 5.75 Å². The van der Waals surface area contributed by atoms with Crippen molar-refractivity contribution < 1.29 is 19.1 Å². The molecule has 1 unspecified atom stereocenters. The molecule has 0 radical (unpaired) electrons. The Morgan fingerprint density at radius 3 is 2.62 bits per heavy atom. The van der Waals surface area contributed by atoms with E-state index in [2.05, 4.69) is 20.9 Å². The molecule has 1 fully saturated rings. The number of phenols is 1. The predicted molar refractivity (Wildman–Crippen MR) is 128 cm³/mol. The number of pyridine rings is 1. The van der Waals surface area contributed by atoms with E-state index >= 15 is 0 Å². The van der Waals surface area contributed by atoms with E-state index < -0.39 is 17.8 Å². The van der Waals surface area contributed by atoms with Gasteiger partial charge in [-0.15, -0.1) is 0 Å². The van der Waals surface area contributed by atoms with Gasteiger partial charge in [0.15, 0.2) is 5.82 Å².